The summed E-state index contributed by atoms with van der Waals surface area (Å²) in [7, 11) is 0. The summed E-state index contributed by atoms with van der Waals surface area (Å²) in [5, 5.41) is 12.0. The van der Waals surface area contributed by atoms with Gasteiger partial charge in [-0.05, 0) is 49.8 Å². The molecule has 0 aliphatic heterocycles. The van der Waals surface area contributed by atoms with Crippen molar-refractivity contribution in [1.29, 1.82) is 0 Å². The molecule has 0 heterocycles. The summed E-state index contributed by atoms with van der Waals surface area (Å²) in [5.74, 6) is 0.837. The predicted molar refractivity (Wildman–Crippen MR) is 66.9 cm³/mol. The van der Waals surface area contributed by atoms with E-state index in [-0.39, 0.29) is 6.61 Å². The van der Waals surface area contributed by atoms with Crippen LogP contribution in [0.1, 0.15) is 13.8 Å². The maximum absolute atomic E-state index is 8.80. The monoisotopic (exact) mass is 221 g/mol. The van der Waals surface area contributed by atoms with E-state index in [4.69, 9.17) is 9.84 Å². The normalized spacial score (nSPS) is 11.3. The van der Waals surface area contributed by atoms with E-state index in [1.807, 2.05) is 37.3 Å². The van der Waals surface area contributed by atoms with Crippen LogP contribution in [0.25, 0.3) is 0 Å². The lowest BCUT2D eigenvalue weighted by molar-refractivity contribution is 0.325. The van der Waals surface area contributed by atoms with Gasteiger partial charge in [0.2, 0.25) is 0 Å². The topological polar surface area (TPSA) is 41.5 Å². The van der Waals surface area contributed by atoms with E-state index in [1.54, 1.807) is 0 Å². The zero-order valence-corrected chi connectivity index (χ0v) is 9.86. The molecule has 0 unspecified atom stereocenters. The molecule has 0 aromatic heterocycles. The van der Waals surface area contributed by atoms with Crippen molar-refractivity contribution in [1.82, 2.24) is 0 Å². The highest BCUT2D eigenvalue weighted by molar-refractivity contribution is 5.46. The minimum atomic E-state index is 0.0860. The highest BCUT2D eigenvalue weighted by Crippen LogP contribution is 2.15. The SMILES string of the molecule is CCNc1ccc(OC/C=C(\C)CO)cc1. The number of rotatable bonds is 6. The molecule has 1 rings (SSSR count). The fourth-order valence-corrected chi connectivity index (χ4v) is 1.22. The van der Waals surface area contributed by atoms with Gasteiger partial charge in [0.1, 0.15) is 12.4 Å². The molecule has 1 aromatic rings. The van der Waals surface area contributed by atoms with Crippen molar-refractivity contribution in [2.75, 3.05) is 25.1 Å². The van der Waals surface area contributed by atoms with E-state index >= 15 is 0 Å². The average molecular weight is 221 g/mol. The second kappa shape index (κ2) is 6.90. The summed E-state index contributed by atoms with van der Waals surface area (Å²) in [6.45, 7) is 5.43. The highest BCUT2D eigenvalue weighted by Gasteiger charge is 1.93. The molecule has 2 N–H and O–H groups in total. The molecule has 0 radical (unpaired) electrons. The van der Waals surface area contributed by atoms with Crippen LogP contribution in [-0.2, 0) is 0 Å². The van der Waals surface area contributed by atoms with Gasteiger partial charge < -0.3 is 15.2 Å². The maximum atomic E-state index is 8.80. The van der Waals surface area contributed by atoms with Crippen LogP contribution in [0, 0.1) is 0 Å². The molecule has 3 heteroatoms. The molecule has 0 saturated heterocycles. The largest absolute Gasteiger partial charge is 0.490 e. The summed E-state index contributed by atoms with van der Waals surface area (Å²) in [6, 6.07) is 7.84. The van der Waals surface area contributed by atoms with Gasteiger partial charge in [0.25, 0.3) is 0 Å². The van der Waals surface area contributed by atoms with E-state index < -0.39 is 0 Å². The molecule has 0 spiro atoms. The Labute approximate surface area is 96.8 Å². The van der Waals surface area contributed by atoms with Crippen molar-refractivity contribution in [3.63, 3.8) is 0 Å². The lowest BCUT2D eigenvalue weighted by Gasteiger charge is -2.06. The Bertz CT molecular complexity index is 330. The van der Waals surface area contributed by atoms with Crippen LogP contribution in [0.2, 0.25) is 0 Å². The molecule has 0 amide bonds. The van der Waals surface area contributed by atoms with Gasteiger partial charge in [-0.1, -0.05) is 0 Å². The zero-order chi connectivity index (χ0) is 11.8. The first-order valence-electron chi connectivity index (χ1n) is 5.49. The molecule has 88 valence electrons. The number of benzene rings is 1. The van der Waals surface area contributed by atoms with Gasteiger partial charge in [0.15, 0.2) is 0 Å². The average Bonchev–Trinajstić information content (AvgIpc) is 2.31. The van der Waals surface area contributed by atoms with Crippen molar-refractivity contribution in [3.05, 3.63) is 35.9 Å². The molecule has 0 aliphatic carbocycles. The number of aliphatic hydroxyl groups is 1. The molecule has 0 fully saturated rings. The molecular formula is C13H19NO2. The van der Waals surface area contributed by atoms with Crippen LogP contribution >= 0.6 is 0 Å². The van der Waals surface area contributed by atoms with E-state index in [0.29, 0.717) is 6.61 Å². The number of hydrogen-bond donors (Lipinski definition) is 2. The number of hydrogen-bond acceptors (Lipinski definition) is 3. The smallest absolute Gasteiger partial charge is 0.119 e. The molecular weight excluding hydrogens is 202 g/mol. The maximum Gasteiger partial charge on any atom is 0.119 e. The second-order valence-electron chi connectivity index (χ2n) is 3.57. The quantitative estimate of drug-likeness (QED) is 0.725. The standard InChI is InChI=1S/C13H19NO2/c1-3-14-12-4-6-13(7-5-12)16-9-8-11(2)10-15/h4-8,14-15H,3,9-10H2,1-2H3/b11-8+. The van der Waals surface area contributed by atoms with Crippen molar-refractivity contribution in [2.24, 2.45) is 0 Å². The Morgan fingerprint density at radius 2 is 2.06 bits per heavy atom. The summed E-state index contributed by atoms with van der Waals surface area (Å²) < 4.78 is 5.50. The third-order valence-electron chi connectivity index (χ3n) is 2.17. The second-order valence-corrected chi connectivity index (χ2v) is 3.57. The van der Waals surface area contributed by atoms with Crippen molar-refractivity contribution in [2.45, 2.75) is 13.8 Å². The van der Waals surface area contributed by atoms with Crippen LogP contribution in [-0.4, -0.2) is 24.9 Å². The van der Waals surface area contributed by atoms with E-state index in [1.165, 1.54) is 0 Å². The molecule has 0 saturated carbocycles. The lowest BCUT2D eigenvalue weighted by atomic mass is 10.3. The Kier molecular flexibility index (Phi) is 5.43. The number of aliphatic hydroxyl groups excluding tert-OH is 1. The van der Waals surface area contributed by atoms with Gasteiger partial charge in [-0.25, -0.2) is 0 Å². The molecule has 0 bridgehead atoms. The van der Waals surface area contributed by atoms with Crippen LogP contribution in [0.15, 0.2) is 35.9 Å². The van der Waals surface area contributed by atoms with Gasteiger partial charge >= 0.3 is 0 Å². The molecule has 0 aliphatic rings. The minimum Gasteiger partial charge on any atom is -0.490 e. The van der Waals surface area contributed by atoms with Crippen LogP contribution in [0.3, 0.4) is 0 Å². The summed E-state index contributed by atoms with van der Waals surface area (Å²) in [6.07, 6.45) is 1.87. The minimum absolute atomic E-state index is 0.0860. The first kappa shape index (κ1) is 12.6. The predicted octanol–water partition coefficient (Wildman–Crippen LogP) is 2.44. The van der Waals surface area contributed by atoms with Crippen LogP contribution in [0.4, 0.5) is 5.69 Å². The van der Waals surface area contributed by atoms with Crippen molar-refractivity contribution >= 4 is 5.69 Å². The van der Waals surface area contributed by atoms with E-state index in [9.17, 15) is 0 Å². The number of anilines is 1. The van der Waals surface area contributed by atoms with Crippen LogP contribution in [0.5, 0.6) is 5.75 Å². The molecule has 16 heavy (non-hydrogen) atoms. The first-order valence-corrected chi connectivity index (χ1v) is 5.49. The van der Waals surface area contributed by atoms with Crippen LogP contribution < -0.4 is 10.1 Å². The Balaban J connectivity index is 2.43. The molecule has 3 nitrogen and oxygen atoms in total. The number of ether oxygens (including phenoxy) is 1. The van der Waals surface area contributed by atoms with E-state index in [0.717, 1.165) is 23.6 Å². The lowest BCUT2D eigenvalue weighted by Crippen LogP contribution is -1.98. The Hall–Kier alpha value is -1.48. The van der Waals surface area contributed by atoms with Gasteiger partial charge in [-0.3, -0.25) is 0 Å². The van der Waals surface area contributed by atoms with Gasteiger partial charge in [-0.15, -0.1) is 0 Å². The van der Waals surface area contributed by atoms with Gasteiger partial charge in [0.05, 0.1) is 6.61 Å². The fraction of sp³-hybridized carbons (Fsp3) is 0.385. The van der Waals surface area contributed by atoms with Gasteiger partial charge in [0, 0.05) is 12.2 Å². The summed E-state index contributed by atoms with van der Waals surface area (Å²) in [4.78, 5) is 0. The third kappa shape index (κ3) is 4.36. The van der Waals surface area contributed by atoms with E-state index in [2.05, 4.69) is 12.2 Å². The summed E-state index contributed by atoms with van der Waals surface area (Å²) >= 11 is 0. The van der Waals surface area contributed by atoms with Crippen molar-refractivity contribution in [3.8, 4) is 5.75 Å². The Morgan fingerprint density at radius 3 is 2.62 bits per heavy atom. The fourth-order valence-electron chi connectivity index (χ4n) is 1.22. The molecule has 0 atom stereocenters. The zero-order valence-electron chi connectivity index (χ0n) is 9.86. The first-order chi connectivity index (χ1) is 7.76. The van der Waals surface area contributed by atoms with Crippen molar-refractivity contribution < 1.29 is 9.84 Å². The third-order valence-corrected chi connectivity index (χ3v) is 2.17. The van der Waals surface area contributed by atoms with Gasteiger partial charge in [-0.2, -0.15) is 0 Å². The molecule has 1 aromatic carbocycles. The Morgan fingerprint density at radius 1 is 1.38 bits per heavy atom. The number of nitrogens with one attached hydrogen (secondary N) is 1. The highest BCUT2D eigenvalue weighted by atomic mass is 16.5. The summed E-state index contributed by atoms with van der Waals surface area (Å²) in [5.41, 5.74) is 2.02.